The summed E-state index contributed by atoms with van der Waals surface area (Å²) in [6.07, 6.45) is 0.695. The Morgan fingerprint density at radius 3 is 2.81 bits per heavy atom. The summed E-state index contributed by atoms with van der Waals surface area (Å²) in [5.74, 6) is 2.32. The minimum Gasteiger partial charge on any atom is -0.490 e. The first-order valence-electron chi connectivity index (χ1n) is 4.83. The van der Waals surface area contributed by atoms with E-state index in [4.69, 9.17) is 27.9 Å². The minimum atomic E-state index is 0.371. The molecule has 0 saturated carbocycles. The van der Waals surface area contributed by atoms with Gasteiger partial charge in [-0.05, 0) is 17.9 Å². The molecule has 0 aliphatic rings. The molecule has 2 nitrogen and oxygen atoms in total. The molecule has 0 N–H and O–H groups in total. The van der Waals surface area contributed by atoms with Crippen LogP contribution in [0.4, 0.5) is 0 Å². The largest absolute Gasteiger partial charge is 0.490 e. The standard InChI is InChI=1S/C11H12Cl2O2S/c1-2-16-4-3-15-11-8(7-14)5-9(12)6-10(11)13/h5-7H,2-4H2,1H3. The molecule has 5 heteroatoms. The average Bonchev–Trinajstić information content (AvgIpc) is 2.26. The predicted molar refractivity (Wildman–Crippen MR) is 70.3 cm³/mol. The Kier molecular flexibility index (Phi) is 6.03. The minimum absolute atomic E-state index is 0.371. The highest BCUT2D eigenvalue weighted by Gasteiger charge is 2.09. The van der Waals surface area contributed by atoms with Crippen LogP contribution < -0.4 is 4.74 Å². The van der Waals surface area contributed by atoms with Crippen LogP contribution in [-0.2, 0) is 0 Å². The summed E-state index contributed by atoms with van der Waals surface area (Å²) in [5, 5.41) is 0.804. The smallest absolute Gasteiger partial charge is 0.153 e. The summed E-state index contributed by atoms with van der Waals surface area (Å²) in [6, 6.07) is 3.11. The first-order chi connectivity index (χ1) is 7.69. The van der Waals surface area contributed by atoms with Gasteiger partial charge in [0.15, 0.2) is 6.29 Å². The van der Waals surface area contributed by atoms with E-state index in [2.05, 4.69) is 6.92 Å². The van der Waals surface area contributed by atoms with Crippen molar-refractivity contribution in [2.75, 3.05) is 18.1 Å². The van der Waals surface area contributed by atoms with Crippen molar-refractivity contribution in [3.63, 3.8) is 0 Å². The van der Waals surface area contributed by atoms with Crippen molar-refractivity contribution >= 4 is 41.2 Å². The predicted octanol–water partition coefficient (Wildman–Crippen LogP) is 3.94. The number of carbonyl (C=O) groups is 1. The van der Waals surface area contributed by atoms with Crippen LogP contribution in [0.1, 0.15) is 17.3 Å². The quantitative estimate of drug-likeness (QED) is 0.583. The van der Waals surface area contributed by atoms with Crippen LogP contribution >= 0.6 is 35.0 Å². The Hall–Kier alpha value is -0.380. The van der Waals surface area contributed by atoms with Gasteiger partial charge in [-0.3, -0.25) is 4.79 Å². The van der Waals surface area contributed by atoms with Crippen molar-refractivity contribution in [1.82, 2.24) is 0 Å². The highest BCUT2D eigenvalue weighted by Crippen LogP contribution is 2.31. The maximum absolute atomic E-state index is 10.8. The number of ether oxygens (including phenoxy) is 1. The van der Waals surface area contributed by atoms with Gasteiger partial charge >= 0.3 is 0 Å². The van der Waals surface area contributed by atoms with E-state index in [0.29, 0.717) is 34.3 Å². The number of aldehydes is 1. The fourth-order valence-electron chi connectivity index (χ4n) is 1.17. The number of halogens is 2. The Balaban J connectivity index is 2.74. The van der Waals surface area contributed by atoms with Crippen LogP contribution in [0.3, 0.4) is 0 Å². The van der Waals surface area contributed by atoms with Crippen molar-refractivity contribution < 1.29 is 9.53 Å². The molecule has 1 rings (SSSR count). The van der Waals surface area contributed by atoms with E-state index in [1.54, 1.807) is 23.9 Å². The SMILES string of the molecule is CCSCCOc1c(Cl)cc(Cl)cc1C=O. The first kappa shape index (κ1) is 13.7. The maximum Gasteiger partial charge on any atom is 0.153 e. The molecule has 16 heavy (non-hydrogen) atoms. The van der Waals surface area contributed by atoms with Crippen molar-refractivity contribution in [2.24, 2.45) is 0 Å². The third kappa shape index (κ3) is 3.89. The molecule has 0 amide bonds. The van der Waals surface area contributed by atoms with Gasteiger partial charge in [-0.25, -0.2) is 0 Å². The van der Waals surface area contributed by atoms with Crippen molar-refractivity contribution in [1.29, 1.82) is 0 Å². The zero-order valence-electron chi connectivity index (χ0n) is 8.83. The van der Waals surface area contributed by atoms with E-state index in [1.807, 2.05) is 0 Å². The molecule has 0 saturated heterocycles. The van der Waals surface area contributed by atoms with Crippen molar-refractivity contribution in [3.05, 3.63) is 27.7 Å². The third-order valence-electron chi connectivity index (χ3n) is 1.84. The molecule has 0 bridgehead atoms. The Bertz CT molecular complexity index is 369. The van der Waals surface area contributed by atoms with E-state index >= 15 is 0 Å². The highest BCUT2D eigenvalue weighted by atomic mass is 35.5. The number of carbonyl (C=O) groups excluding carboxylic acids is 1. The summed E-state index contributed by atoms with van der Waals surface area (Å²) >= 11 is 13.5. The zero-order valence-corrected chi connectivity index (χ0v) is 11.2. The average molecular weight is 279 g/mol. The van der Waals surface area contributed by atoms with Gasteiger partial charge in [0.05, 0.1) is 17.2 Å². The Morgan fingerprint density at radius 1 is 1.44 bits per heavy atom. The summed E-state index contributed by atoms with van der Waals surface area (Å²) in [4.78, 5) is 10.8. The summed E-state index contributed by atoms with van der Waals surface area (Å²) in [5.41, 5.74) is 0.388. The van der Waals surface area contributed by atoms with Gasteiger partial charge in [-0.1, -0.05) is 30.1 Å². The number of benzene rings is 1. The number of rotatable bonds is 6. The van der Waals surface area contributed by atoms with Crippen molar-refractivity contribution in [2.45, 2.75) is 6.92 Å². The van der Waals surface area contributed by atoms with E-state index in [1.165, 1.54) is 0 Å². The van der Waals surface area contributed by atoms with Crippen LogP contribution in [0.5, 0.6) is 5.75 Å². The molecule has 0 spiro atoms. The van der Waals surface area contributed by atoms with E-state index in [9.17, 15) is 4.79 Å². The molecule has 0 radical (unpaired) electrons. The van der Waals surface area contributed by atoms with E-state index in [-0.39, 0.29) is 0 Å². The molecule has 0 fully saturated rings. The molecular weight excluding hydrogens is 267 g/mol. The van der Waals surface area contributed by atoms with E-state index in [0.717, 1.165) is 11.5 Å². The number of hydrogen-bond donors (Lipinski definition) is 0. The molecule has 0 aliphatic heterocycles. The van der Waals surface area contributed by atoms with Crippen molar-refractivity contribution in [3.8, 4) is 5.75 Å². The third-order valence-corrected chi connectivity index (χ3v) is 3.20. The van der Waals surface area contributed by atoms with Gasteiger partial charge in [0.1, 0.15) is 5.75 Å². The number of thioether (sulfide) groups is 1. The summed E-state index contributed by atoms with van der Waals surface area (Å²) in [6.45, 7) is 2.61. The molecular formula is C11H12Cl2O2S. The maximum atomic E-state index is 10.8. The molecule has 0 aromatic heterocycles. The second-order valence-corrected chi connectivity index (χ2v) is 5.21. The van der Waals surface area contributed by atoms with Gasteiger partial charge in [0.2, 0.25) is 0 Å². The van der Waals surface area contributed by atoms with Gasteiger partial charge < -0.3 is 4.74 Å². The normalized spacial score (nSPS) is 10.2. The van der Waals surface area contributed by atoms with Crippen LogP contribution in [0.15, 0.2) is 12.1 Å². The van der Waals surface area contributed by atoms with Crippen LogP contribution in [0, 0.1) is 0 Å². The first-order valence-corrected chi connectivity index (χ1v) is 6.74. The lowest BCUT2D eigenvalue weighted by Crippen LogP contribution is -2.03. The molecule has 0 unspecified atom stereocenters. The van der Waals surface area contributed by atoms with E-state index < -0.39 is 0 Å². The monoisotopic (exact) mass is 278 g/mol. The van der Waals surface area contributed by atoms with Gasteiger partial charge in [0.25, 0.3) is 0 Å². The zero-order chi connectivity index (χ0) is 12.0. The highest BCUT2D eigenvalue weighted by molar-refractivity contribution is 7.99. The Morgan fingerprint density at radius 2 is 2.19 bits per heavy atom. The molecule has 0 aliphatic carbocycles. The Labute approximate surface area is 109 Å². The number of hydrogen-bond acceptors (Lipinski definition) is 3. The molecule has 1 aromatic rings. The summed E-state index contributed by atoms with van der Waals surface area (Å²) in [7, 11) is 0. The molecule has 1 aromatic carbocycles. The molecule has 88 valence electrons. The fourth-order valence-corrected chi connectivity index (χ4v) is 2.22. The van der Waals surface area contributed by atoms with Crippen LogP contribution in [0.2, 0.25) is 10.0 Å². The van der Waals surface area contributed by atoms with Crippen LogP contribution in [0.25, 0.3) is 0 Å². The lowest BCUT2D eigenvalue weighted by Gasteiger charge is -2.10. The lowest BCUT2D eigenvalue weighted by molar-refractivity contribution is 0.112. The second-order valence-electron chi connectivity index (χ2n) is 2.97. The van der Waals surface area contributed by atoms with Gasteiger partial charge in [-0.2, -0.15) is 11.8 Å². The van der Waals surface area contributed by atoms with Gasteiger partial charge in [-0.15, -0.1) is 0 Å². The second kappa shape index (κ2) is 7.05. The lowest BCUT2D eigenvalue weighted by atomic mass is 10.2. The summed E-state index contributed by atoms with van der Waals surface area (Å²) < 4.78 is 5.47. The topological polar surface area (TPSA) is 26.3 Å². The molecule has 0 atom stereocenters. The fraction of sp³-hybridized carbons (Fsp3) is 0.364. The van der Waals surface area contributed by atoms with Crippen LogP contribution in [-0.4, -0.2) is 24.4 Å². The van der Waals surface area contributed by atoms with Gasteiger partial charge in [0, 0.05) is 10.8 Å². The molecule has 0 heterocycles.